The molecule has 1 aliphatic heterocycles. The molecular weight excluding hydrogens is 430 g/mol. The molecule has 0 N–H and O–H groups in total. The predicted octanol–water partition coefficient (Wildman–Crippen LogP) is 4.17. The van der Waals surface area contributed by atoms with Crippen molar-refractivity contribution >= 4 is 11.6 Å². The molecule has 1 aromatic heterocycles. The first kappa shape index (κ1) is 23.6. The van der Waals surface area contributed by atoms with Gasteiger partial charge >= 0.3 is 0 Å². The Kier molecular flexibility index (Phi) is 7.99. The lowest BCUT2D eigenvalue weighted by molar-refractivity contribution is 0.0784. The summed E-state index contributed by atoms with van der Waals surface area (Å²) in [6.07, 6.45) is 3.47. The second kappa shape index (κ2) is 11.5. The summed E-state index contributed by atoms with van der Waals surface area (Å²) in [6, 6.07) is 17.4. The van der Waals surface area contributed by atoms with E-state index in [9.17, 15) is 4.79 Å². The van der Waals surface area contributed by atoms with Crippen LogP contribution in [0.4, 0.5) is 5.69 Å². The van der Waals surface area contributed by atoms with Crippen LogP contribution in [0.15, 0.2) is 67.0 Å². The lowest BCUT2D eigenvalue weighted by Crippen LogP contribution is -2.37. The first-order valence-corrected chi connectivity index (χ1v) is 11.6. The van der Waals surface area contributed by atoms with Gasteiger partial charge in [-0.25, -0.2) is 0 Å². The lowest BCUT2D eigenvalue weighted by Gasteiger charge is -2.31. The minimum absolute atomic E-state index is 0.0709. The number of benzene rings is 2. The van der Waals surface area contributed by atoms with Crippen LogP contribution in [0.25, 0.3) is 0 Å². The highest BCUT2D eigenvalue weighted by molar-refractivity contribution is 5.94. The minimum Gasteiger partial charge on any atom is -0.490 e. The fraction of sp³-hybridized carbons (Fsp3) is 0.333. The van der Waals surface area contributed by atoms with Crippen molar-refractivity contribution in [2.45, 2.75) is 20.1 Å². The maximum atomic E-state index is 13.3. The lowest BCUT2D eigenvalue weighted by atomic mass is 10.1. The summed E-state index contributed by atoms with van der Waals surface area (Å²) in [5, 5.41) is 0. The minimum atomic E-state index is -0.0709. The fourth-order valence-electron chi connectivity index (χ4n) is 3.97. The van der Waals surface area contributed by atoms with Crippen molar-refractivity contribution in [3.05, 3.63) is 83.7 Å². The Balaban J connectivity index is 1.47. The van der Waals surface area contributed by atoms with Crippen LogP contribution in [-0.4, -0.2) is 55.7 Å². The van der Waals surface area contributed by atoms with E-state index in [-0.39, 0.29) is 5.91 Å². The monoisotopic (exact) mass is 461 g/mol. The Morgan fingerprint density at radius 3 is 2.56 bits per heavy atom. The SMILES string of the molecule is CCOc1cc(C(=O)N(C)Cc2ccccc2N2CCOCC2)ccc1OCc1ccncc1. The molecule has 2 heterocycles. The third-order valence-electron chi connectivity index (χ3n) is 5.73. The number of aromatic nitrogens is 1. The average molecular weight is 462 g/mol. The molecule has 0 unspecified atom stereocenters. The second-order valence-electron chi connectivity index (χ2n) is 8.13. The average Bonchev–Trinajstić information content (AvgIpc) is 2.89. The smallest absolute Gasteiger partial charge is 0.254 e. The molecule has 0 aliphatic carbocycles. The zero-order valence-corrected chi connectivity index (χ0v) is 19.8. The number of hydrogen-bond donors (Lipinski definition) is 0. The molecule has 1 fully saturated rings. The molecule has 7 nitrogen and oxygen atoms in total. The number of carbonyl (C=O) groups is 1. The Morgan fingerprint density at radius 1 is 1.03 bits per heavy atom. The molecular formula is C27H31N3O4. The van der Waals surface area contributed by atoms with Crippen molar-refractivity contribution in [3.63, 3.8) is 0 Å². The Hall–Kier alpha value is -3.58. The number of rotatable bonds is 9. The van der Waals surface area contributed by atoms with Gasteiger partial charge in [-0.2, -0.15) is 0 Å². The summed E-state index contributed by atoms with van der Waals surface area (Å²) in [7, 11) is 1.83. The van der Waals surface area contributed by atoms with Crippen LogP contribution in [-0.2, 0) is 17.9 Å². The molecule has 3 aromatic rings. The number of nitrogens with zero attached hydrogens (tertiary/aromatic N) is 3. The van der Waals surface area contributed by atoms with E-state index in [4.69, 9.17) is 14.2 Å². The molecule has 1 aliphatic rings. The third kappa shape index (κ3) is 5.85. The van der Waals surface area contributed by atoms with E-state index in [1.165, 1.54) is 0 Å². The summed E-state index contributed by atoms with van der Waals surface area (Å²) in [6.45, 7) is 6.45. The summed E-state index contributed by atoms with van der Waals surface area (Å²) in [4.78, 5) is 21.4. The van der Waals surface area contributed by atoms with Crippen LogP contribution in [0.2, 0.25) is 0 Å². The highest BCUT2D eigenvalue weighted by Crippen LogP contribution is 2.30. The Bertz CT molecular complexity index is 1080. The number of carbonyl (C=O) groups excluding carboxylic acids is 1. The van der Waals surface area contributed by atoms with Crippen molar-refractivity contribution in [1.82, 2.24) is 9.88 Å². The van der Waals surface area contributed by atoms with Gasteiger partial charge in [0.25, 0.3) is 5.91 Å². The molecule has 0 atom stereocenters. The maximum Gasteiger partial charge on any atom is 0.254 e. The van der Waals surface area contributed by atoms with Gasteiger partial charge in [0.1, 0.15) is 6.61 Å². The van der Waals surface area contributed by atoms with E-state index in [1.807, 2.05) is 38.2 Å². The number of ether oxygens (including phenoxy) is 3. The van der Waals surface area contributed by atoms with E-state index < -0.39 is 0 Å². The van der Waals surface area contributed by atoms with Gasteiger partial charge in [-0.05, 0) is 54.4 Å². The molecule has 0 spiro atoms. The van der Waals surface area contributed by atoms with Gasteiger partial charge in [-0.3, -0.25) is 9.78 Å². The van der Waals surface area contributed by atoms with Crippen molar-refractivity contribution in [3.8, 4) is 11.5 Å². The van der Waals surface area contributed by atoms with Gasteiger partial charge in [0, 0.05) is 50.3 Å². The highest BCUT2D eigenvalue weighted by atomic mass is 16.5. The Morgan fingerprint density at radius 2 is 1.79 bits per heavy atom. The molecule has 0 saturated carbocycles. The number of pyridine rings is 1. The topological polar surface area (TPSA) is 64.1 Å². The van der Waals surface area contributed by atoms with E-state index >= 15 is 0 Å². The quantitative estimate of drug-likeness (QED) is 0.477. The van der Waals surface area contributed by atoms with Crippen LogP contribution >= 0.6 is 0 Å². The number of morpholine rings is 1. The second-order valence-corrected chi connectivity index (χ2v) is 8.13. The normalized spacial score (nSPS) is 13.4. The van der Waals surface area contributed by atoms with E-state index in [1.54, 1.807) is 35.5 Å². The van der Waals surface area contributed by atoms with Crippen molar-refractivity contribution in [1.29, 1.82) is 0 Å². The summed E-state index contributed by atoms with van der Waals surface area (Å²) < 4.78 is 17.2. The first-order valence-electron chi connectivity index (χ1n) is 11.6. The van der Waals surface area contributed by atoms with Crippen molar-refractivity contribution in [2.75, 3.05) is 44.9 Å². The standard InChI is InChI=1S/C27H31N3O4/c1-3-33-26-18-22(8-9-25(26)34-20-21-10-12-28-13-11-21)27(31)29(2)19-23-6-4-5-7-24(23)30-14-16-32-17-15-30/h4-13,18H,3,14-17,19-20H2,1-2H3. The number of para-hydroxylation sites is 1. The van der Waals surface area contributed by atoms with Crippen molar-refractivity contribution < 1.29 is 19.0 Å². The molecule has 4 rings (SSSR count). The van der Waals surface area contributed by atoms with Crippen LogP contribution < -0.4 is 14.4 Å². The molecule has 7 heteroatoms. The van der Waals surface area contributed by atoms with Crippen LogP contribution in [0.5, 0.6) is 11.5 Å². The summed E-state index contributed by atoms with van der Waals surface area (Å²) >= 11 is 0. The zero-order valence-electron chi connectivity index (χ0n) is 19.8. The van der Waals surface area contributed by atoms with Crippen LogP contribution in [0.1, 0.15) is 28.4 Å². The predicted molar refractivity (Wildman–Crippen MR) is 131 cm³/mol. The van der Waals surface area contributed by atoms with Crippen molar-refractivity contribution in [2.24, 2.45) is 0 Å². The summed E-state index contributed by atoms with van der Waals surface area (Å²) in [5.41, 5.74) is 3.84. The summed E-state index contributed by atoms with van der Waals surface area (Å²) in [5.74, 6) is 1.10. The Labute approximate surface area is 200 Å². The van der Waals surface area contributed by atoms with Gasteiger partial charge in [-0.15, -0.1) is 0 Å². The number of hydrogen-bond acceptors (Lipinski definition) is 6. The van der Waals surface area contributed by atoms with Crippen LogP contribution in [0.3, 0.4) is 0 Å². The fourth-order valence-corrected chi connectivity index (χ4v) is 3.97. The van der Waals surface area contributed by atoms with Crippen LogP contribution in [0, 0.1) is 0 Å². The highest BCUT2D eigenvalue weighted by Gasteiger charge is 2.19. The largest absolute Gasteiger partial charge is 0.490 e. The van der Waals surface area contributed by atoms with Gasteiger partial charge in [0.15, 0.2) is 11.5 Å². The number of anilines is 1. The van der Waals surface area contributed by atoms with Gasteiger partial charge in [0.05, 0.1) is 19.8 Å². The molecule has 1 saturated heterocycles. The zero-order chi connectivity index (χ0) is 23.8. The molecule has 34 heavy (non-hydrogen) atoms. The van der Waals surface area contributed by atoms with E-state index in [0.717, 1.165) is 43.1 Å². The molecule has 0 bridgehead atoms. The van der Waals surface area contributed by atoms with E-state index in [0.29, 0.717) is 36.8 Å². The molecule has 178 valence electrons. The molecule has 1 amide bonds. The van der Waals surface area contributed by atoms with E-state index in [2.05, 4.69) is 22.0 Å². The maximum absolute atomic E-state index is 13.3. The van der Waals surface area contributed by atoms with Gasteiger partial charge in [0.2, 0.25) is 0 Å². The van der Waals surface area contributed by atoms with Gasteiger partial charge < -0.3 is 24.0 Å². The van der Waals surface area contributed by atoms with Gasteiger partial charge in [-0.1, -0.05) is 18.2 Å². The number of amides is 1. The molecule has 0 radical (unpaired) electrons. The third-order valence-corrected chi connectivity index (χ3v) is 5.73. The molecule has 2 aromatic carbocycles. The first-order chi connectivity index (χ1) is 16.7.